The molecule has 6 heteroatoms. The van der Waals surface area contributed by atoms with Gasteiger partial charge in [-0.05, 0) is 24.3 Å². The zero-order chi connectivity index (χ0) is 14.3. The fourth-order valence-electron chi connectivity index (χ4n) is 2.04. The predicted octanol–water partition coefficient (Wildman–Crippen LogP) is 1.58. The molecule has 2 heterocycles. The van der Waals surface area contributed by atoms with Crippen LogP contribution in [0.1, 0.15) is 31.1 Å². The summed E-state index contributed by atoms with van der Waals surface area (Å²) in [5, 5.41) is 8.80. The van der Waals surface area contributed by atoms with Gasteiger partial charge in [0.1, 0.15) is 5.82 Å². The number of amides is 2. The van der Waals surface area contributed by atoms with E-state index in [1.807, 2.05) is 0 Å². The third kappa shape index (κ3) is 1.66. The Morgan fingerprint density at radius 1 is 1.00 bits per heavy atom. The van der Waals surface area contributed by atoms with E-state index in [1.54, 1.807) is 24.3 Å². The molecule has 2 aromatic rings. The standard InChI is InChI=1S/C14H8N2O4/c17-12-9-3-1-2-4-10(9)13(18)16(12)11-6-5-8(7-15-11)14(19)20/h1-7H,(H,19,20). The van der Waals surface area contributed by atoms with Crippen molar-refractivity contribution in [3.63, 3.8) is 0 Å². The van der Waals surface area contributed by atoms with Gasteiger partial charge < -0.3 is 5.11 Å². The minimum Gasteiger partial charge on any atom is -0.478 e. The number of carboxylic acids is 1. The lowest BCUT2D eigenvalue weighted by Gasteiger charge is -2.12. The number of carbonyl (C=O) groups excluding carboxylic acids is 2. The highest BCUT2D eigenvalue weighted by molar-refractivity contribution is 6.34. The van der Waals surface area contributed by atoms with Crippen molar-refractivity contribution >= 4 is 23.6 Å². The number of aromatic carboxylic acids is 1. The lowest BCUT2D eigenvalue weighted by atomic mass is 10.1. The lowest BCUT2D eigenvalue weighted by molar-refractivity contribution is 0.0696. The van der Waals surface area contributed by atoms with Crippen molar-refractivity contribution in [3.05, 3.63) is 59.3 Å². The average molecular weight is 268 g/mol. The summed E-state index contributed by atoms with van der Waals surface area (Å²) < 4.78 is 0. The third-order valence-electron chi connectivity index (χ3n) is 3.02. The summed E-state index contributed by atoms with van der Waals surface area (Å²) in [5.74, 6) is -1.92. The summed E-state index contributed by atoms with van der Waals surface area (Å²) in [6.07, 6.45) is 1.11. The largest absolute Gasteiger partial charge is 0.478 e. The smallest absolute Gasteiger partial charge is 0.337 e. The van der Waals surface area contributed by atoms with Crippen LogP contribution in [0.4, 0.5) is 5.82 Å². The maximum Gasteiger partial charge on any atom is 0.337 e. The zero-order valence-corrected chi connectivity index (χ0v) is 10.1. The van der Waals surface area contributed by atoms with Crippen molar-refractivity contribution < 1.29 is 19.5 Å². The first-order valence-corrected chi connectivity index (χ1v) is 5.77. The first kappa shape index (κ1) is 12.0. The molecule has 98 valence electrons. The number of nitrogens with zero attached hydrogens (tertiary/aromatic N) is 2. The van der Waals surface area contributed by atoms with E-state index in [2.05, 4.69) is 4.98 Å². The van der Waals surface area contributed by atoms with Crippen LogP contribution < -0.4 is 4.90 Å². The van der Waals surface area contributed by atoms with Crippen LogP contribution in [-0.4, -0.2) is 27.9 Å². The predicted molar refractivity (Wildman–Crippen MR) is 68.8 cm³/mol. The van der Waals surface area contributed by atoms with Gasteiger partial charge in [-0.1, -0.05) is 12.1 Å². The number of carboxylic acid groups (broad SMARTS) is 1. The van der Waals surface area contributed by atoms with E-state index in [-0.39, 0.29) is 11.4 Å². The highest BCUT2D eigenvalue weighted by atomic mass is 16.4. The SMILES string of the molecule is O=C(O)c1ccc(N2C(=O)c3ccccc3C2=O)nc1. The molecule has 1 aromatic heterocycles. The van der Waals surface area contributed by atoms with Crippen LogP contribution in [0.3, 0.4) is 0 Å². The summed E-state index contributed by atoms with van der Waals surface area (Å²) >= 11 is 0. The third-order valence-corrected chi connectivity index (χ3v) is 3.02. The van der Waals surface area contributed by atoms with Gasteiger partial charge in [-0.2, -0.15) is 0 Å². The van der Waals surface area contributed by atoms with Gasteiger partial charge in [-0.15, -0.1) is 0 Å². The number of hydrogen-bond donors (Lipinski definition) is 1. The normalized spacial score (nSPS) is 13.5. The van der Waals surface area contributed by atoms with E-state index in [1.165, 1.54) is 12.1 Å². The number of carbonyl (C=O) groups is 3. The van der Waals surface area contributed by atoms with E-state index < -0.39 is 17.8 Å². The van der Waals surface area contributed by atoms with Gasteiger partial charge in [0.05, 0.1) is 16.7 Å². The fraction of sp³-hybridized carbons (Fsp3) is 0. The number of imide groups is 1. The molecule has 1 N–H and O–H groups in total. The molecule has 0 aliphatic carbocycles. The molecule has 0 saturated heterocycles. The van der Waals surface area contributed by atoms with Crippen molar-refractivity contribution in [1.82, 2.24) is 4.98 Å². The minimum absolute atomic E-state index is 0.00893. The molecular weight excluding hydrogens is 260 g/mol. The van der Waals surface area contributed by atoms with Crippen molar-refractivity contribution in [2.45, 2.75) is 0 Å². The van der Waals surface area contributed by atoms with Crippen LogP contribution in [0.5, 0.6) is 0 Å². The molecule has 0 unspecified atom stereocenters. The first-order valence-electron chi connectivity index (χ1n) is 5.77. The summed E-state index contributed by atoms with van der Waals surface area (Å²) in [4.78, 5) is 39.9. The molecule has 1 aliphatic rings. The van der Waals surface area contributed by atoms with E-state index in [9.17, 15) is 14.4 Å². The first-order chi connectivity index (χ1) is 9.59. The summed E-state index contributed by atoms with van der Waals surface area (Å²) in [7, 11) is 0. The quantitative estimate of drug-likeness (QED) is 0.835. The van der Waals surface area contributed by atoms with E-state index in [4.69, 9.17) is 5.11 Å². The van der Waals surface area contributed by atoms with Gasteiger partial charge in [0.2, 0.25) is 0 Å². The lowest BCUT2D eigenvalue weighted by Crippen LogP contribution is -2.30. The second-order valence-electron chi connectivity index (χ2n) is 4.20. The summed E-state index contributed by atoms with van der Waals surface area (Å²) in [6, 6.07) is 9.13. The molecule has 6 nitrogen and oxygen atoms in total. The highest BCUT2D eigenvalue weighted by Crippen LogP contribution is 2.26. The highest BCUT2D eigenvalue weighted by Gasteiger charge is 2.36. The molecule has 3 rings (SSSR count). The number of hydrogen-bond acceptors (Lipinski definition) is 4. The maximum atomic E-state index is 12.2. The Bertz CT molecular complexity index is 702. The van der Waals surface area contributed by atoms with Crippen molar-refractivity contribution in [1.29, 1.82) is 0 Å². The monoisotopic (exact) mass is 268 g/mol. The maximum absolute atomic E-state index is 12.2. The van der Waals surface area contributed by atoms with Gasteiger partial charge in [0.25, 0.3) is 11.8 Å². The topological polar surface area (TPSA) is 87.6 Å². The second kappa shape index (κ2) is 4.27. The molecule has 0 bridgehead atoms. The van der Waals surface area contributed by atoms with Crippen LogP contribution in [0, 0.1) is 0 Å². The van der Waals surface area contributed by atoms with Crippen LogP contribution in [0.15, 0.2) is 42.6 Å². The number of benzene rings is 1. The number of aromatic nitrogens is 1. The Morgan fingerprint density at radius 2 is 1.60 bits per heavy atom. The number of pyridine rings is 1. The van der Waals surface area contributed by atoms with Crippen LogP contribution in [0.2, 0.25) is 0 Å². The Kier molecular flexibility index (Phi) is 2.57. The van der Waals surface area contributed by atoms with E-state index in [0.29, 0.717) is 11.1 Å². The van der Waals surface area contributed by atoms with Gasteiger partial charge in [-0.25, -0.2) is 14.7 Å². The van der Waals surface area contributed by atoms with Crippen molar-refractivity contribution in [2.75, 3.05) is 4.90 Å². The van der Waals surface area contributed by atoms with E-state index in [0.717, 1.165) is 11.1 Å². The van der Waals surface area contributed by atoms with Crippen LogP contribution in [0.25, 0.3) is 0 Å². The van der Waals surface area contributed by atoms with Gasteiger partial charge >= 0.3 is 5.97 Å². The second-order valence-corrected chi connectivity index (χ2v) is 4.20. The van der Waals surface area contributed by atoms with Crippen LogP contribution >= 0.6 is 0 Å². The van der Waals surface area contributed by atoms with Crippen molar-refractivity contribution in [3.8, 4) is 0 Å². The molecule has 0 fully saturated rings. The number of anilines is 1. The van der Waals surface area contributed by atoms with Crippen molar-refractivity contribution in [2.24, 2.45) is 0 Å². The fourth-order valence-corrected chi connectivity index (χ4v) is 2.04. The molecule has 1 aromatic carbocycles. The van der Waals surface area contributed by atoms with Crippen LogP contribution in [-0.2, 0) is 0 Å². The van der Waals surface area contributed by atoms with Gasteiger partial charge in [0.15, 0.2) is 0 Å². The molecule has 0 radical (unpaired) electrons. The molecule has 0 saturated carbocycles. The summed E-state index contributed by atoms with van der Waals surface area (Å²) in [6.45, 7) is 0. The summed E-state index contributed by atoms with van der Waals surface area (Å²) in [5.41, 5.74) is 0.633. The Labute approximate surface area is 113 Å². The Morgan fingerprint density at radius 3 is 2.05 bits per heavy atom. The Hall–Kier alpha value is -3.02. The average Bonchev–Trinajstić information content (AvgIpc) is 2.72. The molecule has 0 spiro atoms. The van der Waals surface area contributed by atoms with E-state index >= 15 is 0 Å². The molecule has 2 amide bonds. The zero-order valence-electron chi connectivity index (χ0n) is 10.1. The number of rotatable bonds is 2. The van der Waals surface area contributed by atoms with Gasteiger partial charge in [0, 0.05) is 6.20 Å². The molecule has 20 heavy (non-hydrogen) atoms. The minimum atomic E-state index is -1.12. The molecular formula is C14H8N2O4. The van der Waals surface area contributed by atoms with Gasteiger partial charge in [-0.3, -0.25) is 9.59 Å². The Balaban J connectivity index is 2.02. The number of fused-ring (bicyclic) bond motifs is 1. The molecule has 0 atom stereocenters. The molecule has 1 aliphatic heterocycles.